The van der Waals surface area contributed by atoms with E-state index in [9.17, 15) is 0 Å². The first-order chi connectivity index (χ1) is 5.70. The van der Waals surface area contributed by atoms with E-state index >= 15 is 0 Å². The van der Waals surface area contributed by atoms with Crippen LogP contribution >= 0.6 is 0 Å². The molecule has 1 heteroatoms. The Morgan fingerprint density at radius 1 is 1.50 bits per heavy atom. The fourth-order valence-electron chi connectivity index (χ4n) is 1.76. The molecule has 0 aliphatic carbocycles. The third-order valence-electron chi connectivity index (χ3n) is 2.40. The molecule has 0 bridgehead atoms. The number of allylic oxidation sites excluding steroid dienone is 1. The van der Waals surface area contributed by atoms with E-state index in [0.717, 1.165) is 13.2 Å². The molecule has 1 fully saturated rings. The zero-order valence-corrected chi connectivity index (χ0v) is 8.47. The van der Waals surface area contributed by atoms with Gasteiger partial charge in [-0.1, -0.05) is 25.5 Å². The van der Waals surface area contributed by atoms with Gasteiger partial charge in [0.1, 0.15) is 0 Å². The van der Waals surface area contributed by atoms with Gasteiger partial charge in [-0.2, -0.15) is 0 Å². The molecule has 0 saturated carbocycles. The normalized spacial score (nSPS) is 26.3. The van der Waals surface area contributed by atoms with Crippen molar-refractivity contribution in [1.29, 1.82) is 0 Å². The average Bonchev–Trinajstić information content (AvgIpc) is 2.05. The quantitative estimate of drug-likeness (QED) is 0.576. The van der Waals surface area contributed by atoms with E-state index in [1.54, 1.807) is 0 Å². The lowest BCUT2D eigenvalue weighted by molar-refractivity contribution is 0.0671. The lowest BCUT2D eigenvalue weighted by Crippen LogP contribution is -2.18. The SMILES string of the molecule is C/C(=C/C(C)C)C1CCCOC1. The highest BCUT2D eigenvalue weighted by atomic mass is 16.5. The summed E-state index contributed by atoms with van der Waals surface area (Å²) >= 11 is 0. The highest BCUT2D eigenvalue weighted by Gasteiger charge is 2.15. The fourth-order valence-corrected chi connectivity index (χ4v) is 1.76. The Hall–Kier alpha value is -0.300. The molecule has 12 heavy (non-hydrogen) atoms. The minimum atomic E-state index is 0.673. The summed E-state index contributed by atoms with van der Waals surface area (Å²) in [4.78, 5) is 0. The van der Waals surface area contributed by atoms with Gasteiger partial charge < -0.3 is 4.74 Å². The predicted octanol–water partition coefficient (Wildman–Crippen LogP) is 3.02. The van der Waals surface area contributed by atoms with E-state index in [1.807, 2.05) is 0 Å². The van der Waals surface area contributed by atoms with E-state index in [4.69, 9.17) is 4.74 Å². The summed E-state index contributed by atoms with van der Waals surface area (Å²) in [5.41, 5.74) is 1.52. The zero-order chi connectivity index (χ0) is 8.97. The van der Waals surface area contributed by atoms with Crippen molar-refractivity contribution in [3.8, 4) is 0 Å². The first kappa shape index (κ1) is 9.79. The smallest absolute Gasteiger partial charge is 0.0531 e. The van der Waals surface area contributed by atoms with Crippen molar-refractivity contribution in [2.24, 2.45) is 11.8 Å². The van der Waals surface area contributed by atoms with Crippen molar-refractivity contribution in [2.75, 3.05) is 13.2 Å². The molecular formula is C11H20O. The summed E-state index contributed by atoms with van der Waals surface area (Å²) < 4.78 is 5.44. The first-order valence-corrected chi connectivity index (χ1v) is 4.96. The molecule has 1 saturated heterocycles. The molecule has 1 aliphatic heterocycles. The predicted molar refractivity (Wildman–Crippen MR) is 52.1 cm³/mol. The van der Waals surface area contributed by atoms with E-state index in [1.165, 1.54) is 18.4 Å². The van der Waals surface area contributed by atoms with E-state index in [0.29, 0.717) is 11.8 Å². The second-order valence-electron chi connectivity index (χ2n) is 4.07. The number of hydrogen-bond donors (Lipinski definition) is 0. The van der Waals surface area contributed by atoms with Crippen LogP contribution in [0.4, 0.5) is 0 Å². The van der Waals surface area contributed by atoms with Crippen LogP contribution in [-0.2, 0) is 4.74 Å². The summed E-state index contributed by atoms with van der Waals surface area (Å²) in [5.74, 6) is 1.37. The van der Waals surface area contributed by atoms with Gasteiger partial charge in [-0.3, -0.25) is 0 Å². The van der Waals surface area contributed by atoms with Crippen molar-refractivity contribution < 1.29 is 4.74 Å². The Labute approximate surface area is 75.8 Å². The maximum Gasteiger partial charge on any atom is 0.0531 e. The van der Waals surface area contributed by atoms with Gasteiger partial charge in [0, 0.05) is 12.5 Å². The second kappa shape index (κ2) is 4.66. The summed E-state index contributed by atoms with van der Waals surface area (Å²) in [7, 11) is 0. The van der Waals surface area contributed by atoms with Crippen molar-refractivity contribution in [3.63, 3.8) is 0 Å². The fraction of sp³-hybridized carbons (Fsp3) is 0.818. The van der Waals surface area contributed by atoms with Gasteiger partial charge in [0.15, 0.2) is 0 Å². The second-order valence-corrected chi connectivity index (χ2v) is 4.07. The summed E-state index contributed by atoms with van der Waals surface area (Å²) in [6, 6.07) is 0. The molecule has 1 rings (SSSR count). The Morgan fingerprint density at radius 3 is 2.75 bits per heavy atom. The molecule has 0 amide bonds. The molecule has 1 aliphatic rings. The molecule has 0 spiro atoms. The van der Waals surface area contributed by atoms with E-state index in [2.05, 4.69) is 26.8 Å². The van der Waals surface area contributed by atoms with Crippen LogP contribution in [0.25, 0.3) is 0 Å². The molecule has 0 N–H and O–H groups in total. The van der Waals surface area contributed by atoms with Crippen LogP contribution in [0.1, 0.15) is 33.6 Å². The Morgan fingerprint density at radius 2 is 2.25 bits per heavy atom. The third kappa shape index (κ3) is 2.98. The van der Waals surface area contributed by atoms with Crippen LogP contribution in [-0.4, -0.2) is 13.2 Å². The van der Waals surface area contributed by atoms with Gasteiger partial charge >= 0.3 is 0 Å². The van der Waals surface area contributed by atoms with Gasteiger partial charge in [0.05, 0.1) is 6.61 Å². The molecule has 0 aromatic rings. The van der Waals surface area contributed by atoms with Crippen molar-refractivity contribution in [3.05, 3.63) is 11.6 Å². The molecule has 1 unspecified atom stereocenters. The minimum Gasteiger partial charge on any atom is -0.381 e. The van der Waals surface area contributed by atoms with E-state index < -0.39 is 0 Å². The molecule has 0 aromatic heterocycles. The largest absolute Gasteiger partial charge is 0.381 e. The van der Waals surface area contributed by atoms with Gasteiger partial charge in [-0.25, -0.2) is 0 Å². The molecular weight excluding hydrogens is 148 g/mol. The van der Waals surface area contributed by atoms with Crippen LogP contribution in [0.2, 0.25) is 0 Å². The van der Waals surface area contributed by atoms with Gasteiger partial charge in [0.25, 0.3) is 0 Å². The highest BCUT2D eigenvalue weighted by molar-refractivity contribution is 5.05. The van der Waals surface area contributed by atoms with Crippen LogP contribution in [0.15, 0.2) is 11.6 Å². The Kier molecular flexibility index (Phi) is 3.80. The third-order valence-corrected chi connectivity index (χ3v) is 2.40. The highest BCUT2D eigenvalue weighted by Crippen LogP contribution is 2.22. The van der Waals surface area contributed by atoms with Crippen molar-refractivity contribution in [2.45, 2.75) is 33.6 Å². The standard InChI is InChI=1S/C11H20O/c1-9(2)7-10(3)11-5-4-6-12-8-11/h7,9,11H,4-6,8H2,1-3H3/b10-7-. The van der Waals surface area contributed by atoms with Gasteiger partial charge in [-0.15, -0.1) is 0 Å². The lowest BCUT2D eigenvalue weighted by atomic mass is 9.92. The number of rotatable bonds is 2. The maximum atomic E-state index is 5.44. The number of hydrogen-bond acceptors (Lipinski definition) is 1. The number of ether oxygens (including phenoxy) is 1. The Bertz CT molecular complexity index is 152. The van der Waals surface area contributed by atoms with Crippen LogP contribution in [0.5, 0.6) is 0 Å². The molecule has 1 atom stereocenters. The average molecular weight is 168 g/mol. The summed E-state index contributed by atoms with van der Waals surface area (Å²) in [5, 5.41) is 0. The monoisotopic (exact) mass is 168 g/mol. The lowest BCUT2D eigenvalue weighted by Gasteiger charge is -2.23. The Balaban J connectivity index is 2.44. The van der Waals surface area contributed by atoms with Crippen LogP contribution < -0.4 is 0 Å². The summed E-state index contributed by atoms with van der Waals surface area (Å²) in [6.07, 6.45) is 4.91. The topological polar surface area (TPSA) is 9.23 Å². The van der Waals surface area contributed by atoms with Gasteiger partial charge in [-0.05, 0) is 25.7 Å². The van der Waals surface area contributed by atoms with Gasteiger partial charge in [0.2, 0.25) is 0 Å². The zero-order valence-electron chi connectivity index (χ0n) is 8.47. The summed E-state index contributed by atoms with van der Waals surface area (Å²) in [6.45, 7) is 8.60. The molecule has 1 heterocycles. The molecule has 70 valence electrons. The first-order valence-electron chi connectivity index (χ1n) is 4.96. The maximum absolute atomic E-state index is 5.44. The molecule has 0 aromatic carbocycles. The van der Waals surface area contributed by atoms with Crippen molar-refractivity contribution in [1.82, 2.24) is 0 Å². The molecule has 1 nitrogen and oxygen atoms in total. The minimum absolute atomic E-state index is 0.673. The molecule has 0 radical (unpaired) electrons. The van der Waals surface area contributed by atoms with Crippen LogP contribution in [0.3, 0.4) is 0 Å². The van der Waals surface area contributed by atoms with E-state index in [-0.39, 0.29) is 0 Å². The van der Waals surface area contributed by atoms with Crippen molar-refractivity contribution >= 4 is 0 Å². The van der Waals surface area contributed by atoms with Crippen LogP contribution in [0, 0.1) is 11.8 Å².